The van der Waals surface area contributed by atoms with Gasteiger partial charge in [0.25, 0.3) is 0 Å². The third-order valence-electron chi connectivity index (χ3n) is 5.65. The van der Waals surface area contributed by atoms with Crippen molar-refractivity contribution in [1.29, 1.82) is 0 Å². The molecule has 0 saturated heterocycles. The number of rotatable bonds is 6. The van der Waals surface area contributed by atoms with Gasteiger partial charge in [-0.05, 0) is 31.1 Å². The van der Waals surface area contributed by atoms with Crippen molar-refractivity contribution in [3.05, 3.63) is 11.6 Å². The van der Waals surface area contributed by atoms with E-state index >= 15 is 0 Å². The number of esters is 1. The number of hydrogen-bond acceptors (Lipinski definition) is 5. The third kappa shape index (κ3) is 6.38. The van der Waals surface area contributed by atoms with Gasteiger partial charge in [-0.15, -0.1) is 11.8 Å². The molecule has 0 bridgehead atoms. The second kappa shape index (κ2) is 11.3. The van der Waals surface area contributed by atoms with Crippen molar-refractivity contribution in [3.63, 3.8) is 0 Å². The monoisotopic (exact) mass is 388 g/mol. The molecule has 0 aliphatic heterocycles. The molecule has 6 unspecified atom stereocenters. The number of carbonyl (C=O) groups is 1. The largest absolute Gasteiger partial charge is 0.467 e. The highest BCUT2D eigenvalue weighted by Crippen LogP contribution is 2.49. The zero-order valence-electron chi connectivity index (χ0n) is 17.1. The first-order valence-electron chi connectivity index (χ1n) is 10.1. The van der Waals surface area contributed by atoms with Crippen molar-refractivity contribution in [2.24, 2.45) is 23.7 Å². The van der Waals surface area contributed by atoms with E-state index in [1.165, 1.54) is 12.7 Å². The minimum atomic E-state index is -0.722. The molecule has 2 saturated carbocycles. The predicted octanol–water partition coefficient (Wildman–Crippen LogP) is 2.31. The summed E-state index contributed by atoms with van der Waals surface area (Å²) in [5, 5.41) is 20.7. The van der Waals surface area contributed by atoms with Gasteiger partial charge in [0.15, 0.2) is 0 Å². The average molecular weight is 389 g/mol. The molecule has 0 amide bonds. The maximum atomic E-state index is 11.1. The Hall–Kier alpha value is -1.79. The van der Waals surface area contributed by atoms with Crippen molar-refractivity contribution in [2.75, 3.05) is 20.3 Å². The van der Waals surface area contributed by atoms with Crippen LogP contribution in [-0.2, 0) is 14.3 Å². The first-order valence-corrected chi connectivity index (χ1v) is 10.1. The molecule has 0 aromatic heterocycles. The SMILES string of the molecule is CCC#CCC(C)C(O)C#CC1C(O)CC2CC(=CCOCC(=O)OC)CC21. The van der Waals surface area contributed by atoms with E-state index in [-0.39, 0.29) is 24.4 Å². The number of aliphatic hydroxyl groups is 2. The normalized spacial score (nSPS) is 29.2. The van der Waals surface area contributed by atoms with Crippen molar-refractivity contribution < 1.29 is 24.5 Å². The lowest BCUT2D eigenvalue weighted by Gasteiger charge is -2.16. The van der Waals surface area contributed by atoms with Gasteiger partial charge >= 0.3 is 5.97 Å². The maximum Gasteiger partial charge on any atom is 0.331 e. The van der Waals surface area contributed by atoms with Crippen LogP contribution >= 0.6 is 0 Å². The highest BCUT2D eigenvalue weighted by molar-refractivity contribution is 5.70. The molecule has 0 radical (unpaired) electrons. The summed E-state index contributed by atoms with van der Waals surface area (Å²) in [6, 6.07) is 0. The summed E-state index contributed by atoms with van der Waals surface area (Å²) in [5.41, 5.74) is 1.29. The Bertz CT molecular complexity index is 675. The Labute approximate surface area is 168 Å². The highest BCUT2D eigenvalue weighted by atomic mass is 16.6. The number of hydrogen-bond donors (Lipinski definition) is 2. The van der Waals surface area contributed by atoms with Crippen molar-refractivity contribution >= 4 is 5.97 Å². The fourth-order valence-electron chi connectivity index (χ4n) is 4.00. The first-order chi connectivity index (χ1) is 13.5. The third-order valence-corrected chi connectivity index (χ3v) is 5.65. The Morgan fingerprint density at radius 1 is 1.36 bits per heavy atom. The van der Waals surface area contributed by atoms with Gasteiger partial charge in [-0.1, -0.05) is 37.3 Å². The quantitative estimate of drug-likeness (QED) is 0.316. The summed E-state index contributed by atoms with van der Waals surface area (Å²) < 4.78 is 9.84. The molecule has 0 heterocycles. The van der Waals surface area contributed by atoms with Crippen molar-refractivity contribution in [1.82, 2.24) is 0 Å². The van der Waals surface area contributed by atoms with Gasteiger partial charge in [0, 0.05) is 24.7 Å². The van der Waals surface area contributed by atoms with E-state index in [1.807, 2.05) is 19.9 Å². The number of fused-ring (bicyclic) bond motifs is 1. The molecule has 2 fully saturated rings. The van der Waals surface area contributed by atoms with Crippen LogP contribution in [0.2, 0.25) is 0 Å². The zero-order chi connectivity index (χ0) is 20.5. The lowest BCUT2D eigenvalue weighted by Crippen LogP contribution is -2.19. The standard InChI is InChI=1S/C23H32O5/c1-4-5-6-7-16(2)21(24)9-8-19-20-13-17(12-18(20)14-22(19)25)10-11-28-15-23(26)27-3/h10,16,18-22,24-25H,4,7,11-15H2,1-3H3. The van der Waals surface area contributed by atoms with E-state index in [4.69, 9.17) is 4.74 Å². The average Bonchev–Trinajstić information content (AvgIpc) is 3.19. The molecule has 5 nitrogen and oxygen atoms in total. The Kier molecular flexibility index (Phi) is 9.06. The van der Waals surface area contributed by atoms with Crippen LogP contribution in [0.3, 0.4) is 0 Å². The fourth-order valence-corrected chi connectivity index (χ4v) is 4.00. The number of aliphatic hydroxyl groups excluding tert-OH is 2. The van der Waals surface area contributed by atoms with Crippen molar-refractivity contribution in [3.8, 4) is 23.7 Å². The number of allylic oxidation sites excluding steroid dienone is 1. The topological polar surface area (TPSA) is 76.0 Å². The van der Waals surface area contributed by atoms with Crippen LogP contribution in [0.5, 0.6) is 0 Å². The molecule has 6 atom stereocenters. The molecule has 28 heavy (non-hydrogen) atoms. The Balaban J connectivity index is 1.89. The van der Waals surface area contributed by atoms with Gasteiger partial charge in [-0.2, -0.15) is 0 Å². The number of methoxy groups -OCH3 is 1. The van der Waals surface area contributed by atoms with E-state index in [1.54, 1.807) is 0 Å². The molecule has 2 rings (SSSR count). The minimum Gasteiger partial charge on any atom is -0.467 e. The van der Waals surface area contributed by atoms with Crippen molar-refractivity contribution in [2.45, 2.75) is 58.2 Å². The fraction of sp³-hybridized carbons (Fsp3) is 0.696. The molecule has 0 aromatic rings. The summed E-state index contributed by atoms with van der Waals surface area (Å²) in [4.78, 5) is 11.1. The summed E-state index contributed by atoms with van der Waals surface area (Å²) >= 11 is 0. The van der Waals surface area contributed by atoms with E-state index in [2.05, 4.69) is 28.4 Å². The van der Waals surface area contributed by atoms with E-state index in [9.17, 15) is 15.0 Å². The Morgan fingerprint density at radius 2 is 2.14 bits per heavy atom. The van der Waals surface area contributed by atoms with Gasteiger partial charge in [-0.3, -0.25) is 0 Å². The lowest BCUT2D eigenvalue weighted by molar-refractivity contribution is -0.145. The first kappa shape index (κ1) is 22.5. The van der Waals surface area contributed by atoms with Crippen LogP contribution in [0.1, 0.15) is 46.0 Å². The second-order valence-corrected chi connectivity index (χ2v) is 7.74. The van der Waals surface area contributed by atoms with Crippen LogP contribution in [0.4, 0.5) is 0 Å². The van der Waals surface area contributed by atoms with Crippen LogP contribution in [0.15, 0.2) is 11.6 Å². The van der Waals surface area contributed by atoms with E-state index in [0.29, 0.717) is 24.9 Å². The molecule has 0 aromatic carbocycles. The van der Waals surface area contributed by atoms with E-state index < -0.39 is 12.2 Å². The highest BCUT2D eigenvalue weighted by Gasteiger charge is 2.45. The van der Waals surface area contributed by atoms with Gasteiger partial charge < -0.3 is 19.7 Å². The van der Waals surface area contributed by atoms with Crippen LogP contribution in [0.25, 0.3) is 0 Å². The maximum absolute atomic E-state index is 11.1. The second-order valence-electron chi connectivity index (χ2n) is 7.74. The van der Waals surface area contributed by atoms with Gasteiger partial charge in [0.2, 0.25) is 0 Å². The Morgan fingerprint density at radius 3 is 2.86 bits per heavy atom. The lowest BCUT2D eigenvalue weighted by atomic mass is 9.91. The van der Waals surface area contributed by atoms with Gasteiger partial charge in [0.1, 0.15) is 12.7 Å². The molecule has 5 heteroatoms. The minimum absolute atomic E-state index is 0.00751. The molecule has 154 valence electrons. The van der Waals surface area contributed by atoms with Crippen LogP contribution in [-0.4, -0.2) is 48.7 Å². The predicted molar refractivity (Wildman–Crippen MR) is 107 cm³/mol. The van der Waals surface area contributed by atoms with Crippen LogP contribution in [0, 0.1) is 47.4 Å². The molecule has 0 spiro atoms. The zero-order valence-corrected chi connectivity index (χ0v) is 17.1. The summed E-state index contributed by atoms with van der Waals surface area (Å²) in [5.74, 6) is 12.4. The molecule has 2 aliphatic rings. The van der Waals surface area contributed by atoms with Gasteiger partial charge in [0.05, 0.1) is 19.8 Å². The molecular formula is C23H32O5. The van der Waals surface area contributed by atoms with Gasteiger partial charge in [-0.25, -0.2) is 4.79 Å². The van der Waals surface area contributed by atoms with Crippen LogP contribution < -0.4 is 0 Å². The molecule has 2 N–H and O–H groups in total. The summed E-state index contributed by atoms with van der Waals surface area (Å²) in [6.45, 7) is 4.29. The number of ether oxygens (including phenoxy) is 2. The summed E-state index contributed by atoms with van der Waals surface area (Å²) in [6.07, 6.45) is 4.89. The summed E-state index contributed by atoms with van der Waals surface area (Å²) in [7, 11) is 1.34. The number of carbonyl (C=O) groups excluding carboxylic acids is 1. The molecular weight excluding hydrogens is 356 g/mol. The van der Waals surface area contributed by atoms with E-state index in [0.717, 1.165) is 25.7 Å². The smallest absolute Gasteiger partial charge is 0.331 e. The molecule has 2 aliphatic carbocycles.